The standard InChI is InChI=1S/C8H11NO/c1-2-4-7-5-3-6-8(10)9-7/h2-4,6-7H,5H2,1H3,(H,9,10)/b4-2+/t7-/m1/s1. The molecular formula is C8H11NO. The minimum absolute atomic E-state index is 0.00866. The Balaban J connectivity index is 2.52. The van der Waals surface area contributed by atoms with Crippen LogP contribution in [0.3, 0.4) is 0 Å². The highest BCUT2D eigenvalue weighted by Crippen LogP contribution is 2.00. The Morgan fingerprint density at radius 2 is 2.60 bits per heavy atom. The third kappa shape index (κ3) is 1.72. The zero-order valence-electron chi connectivity index (χ0n) is 6.00. The predicted molar refractivity (Wildman–Crippen MR) is 40.5 cm³/mol. The molecule has 1 aliphatic rings. The highest BCUT2D eigenvalue weighted by Gasteiger charge is 2.08. The maximum Gasteiger partial charge on any atom is 0.244 e. The molecule has 2 heteroatoms. The van der Waals surface area contributed by atoms with Crippen LogP contribution in [-0.4, -0.2) is 11.9 Å². The summed E-state index contributed by atoms with van der Waals surface area (Å²) in [5, 5.41) is 2.80. The molecule has 0 aromatic carbocycles. The minimum atomic E-state index is 0.00866. The molecule has 2 nitrogen and oxygen atoms in total. The fraction of sp³-hybridized carbons (Fsp3) is 0.375. The van der Waals surface area contributed by atoms with E-state index in [1.165, 1.54) is 0 Å². The van der Waals surface area contributed by atoms with Gasteiger partial charge in [0.15, 0.2) is 0 Å². The Labute approximate surface area is 60.6 Å². The lowest BCUT2D eigenvalue weighted by molar-refractivity contribution is -0.117. The third-order valence-corrected chi connectivity index (χ3v) is 1.41. The van der Waals surface area contributed by atoms with Crippen LogP contribution in [0.2, 0.25) is 0 Å². The van der Waals surface area contributed by atoms with Gasteiger partial charge in [0, 0.05) is 0 Å². The van der Waals surface area contributed by atoms with Crippen LogP contribution in [0.5, 0.6) is 0 Å². The Kier molecular flexibility index (Phi) is 2.26. The Hall–Kier alpha value is -1.05. The molecule has 0 aromatic heterocycles. The van der Waals surface area contributed by atoms with Gasteiger partial charge in [0.05, 0.1) is 6.04 Å². The lowest BCUT2D eigenvalue weighted by Gasteiger charge is -2.14. The molecule has 1 amide bonds. The van der Waals surface area contributed by atoms with Gasteiger partial charge in [-0.15, -0.1) is 0 Å². The molecule has 0 saturated heterocycles. The quantitative estimate of drug-likeness (QED) is 0.537. The summed E-state index contributed by atoms with van der Waals surface area (Å²) in [6.07, 6.45) is 8.31. The highest BCUT2D eigenvalue weighted by molar-refractivity contribution is 5.88. The Bertz CT molecular complexity index is 182. The van der Waals surface area contributed by atoms with Gasteiger partial charge in [0.2, 0.25) is 5.91 Å². The van der Waals surface area contributed by atoms with Gasteiger partial charge in [-0.05, 0) is 19.4 Å². The summed E-state index contributed by atoms with van der Waals surface area (Å²) in [6, 6.07) is 0.211. The first-order valence-electron chi connectivity index (χ1n) is 3.43. The molecule has 0 spiro atoms. The second-order valence-electron chi connectivity index (χ2n) is 2.28. The van der Waals surface area contributed by atoms with Crippen LogP contribution in [0.25, 0.3) is 0 Å². The van der Waals surface area contributed by atoms with Gasteiger partial charge in [-0.2, -0.15) is 0 Å². The summed E-state index contributed by atoms with van der Waals surface area (Å²) < 4.78 is 0. The first-order chi connectivity index (χ1) is 4.83. The number of hydrogen-bond donors (Lipinski definition) is 1. The van der Waals surface area contributed by atoms with Crippen molar-refractivity contribution < 1.29 is 4.79 Å². The fourth-order valence-corrected chi connectivity index (χ4v) is 0.970. The van der Waals surface area contributed by atoms with Gasteiger partial charge in [-0.3, -0.25) is 4.79 Å². The van der Waals surface area contributed by atoms with Crippen LogP contribution in [0.15, 0.2) is 24.3 Å². The normalized spacial score (nSPS) is 25.3. The van der Waals surface area contributed by atoms with E-state index in [9.17, 15) is 4.79 Å². The van der Waals surface area contributed by atoms with Gasteiger partial charge in [0.1, 0.15) is 0 Å². The van der Waals surface area contributed by atoms with E-state index in [4.69, 9.17) is 0 Å². The average Bonchev–Trinajstić information content (AvgIpc) is 1.88. The van der Waals surface area contributed by atoms with Crippen molar-refractivity contribution in [3.63, 3.8) is 0 Å². The number of amides is 1. The molecule has 0 fully saturated rings. The van der Waals surface area contributed by atoms with E-state index in [1.54, 1.807) is 6.08 Å². The van der Waals surface area contributed by atoms with Gasteiger partial charge >= 0.3 is 0 Å². The zero-order chi connectivity index (χ0) is 7.40. The van der Waals surface area contributed by atoms with Gasteiger partial charge in [-0.25, -0.2) is 0 Å². The monoisotopic (exact) mass is 137 g/mol. The summed E-state index contributed by atoms with van der Waals surface area (Å²) in [4.78, 5) is 10.7. The molecule has 0 aromatic rings. The number of allylic oxidation sites excluding steroid dienone is 1. The molecule has 10 heavy (non-hydrogen) atoms. The van der Waals surface area contributed by atoms with Crippen molar-refractivity contribution >= 4 is 5.91 Å². The van der Waals surface area contributed by atoms with Crippen molar-refractivity contribution in [2.75, 3.05) is 0 Å². The molecule has 0 bridgehead atoms. The van der Waals surface area contributed by atoms with E-state index in [-0.39, 0.29) is 11.9 Å². The van der Waals surface area contributed by atoms with E-state index in [0.29, 0.717) is 0 Å². The van der Waals surface area contributed by atoms with E-state index in [0.717, 1.165) is 6.42 Å². The second-order valence-corrected chi connectivity index (χ2v) is 2.28. The SMILES string of the molecule is C/C=C/[C@@H]1CC=CC(=O)N1. The van der Waals surface area contributed by atoms with Gasteiger partial charge in [-0.1, -0.05) is 18.2 Å². The fourth-order valence-electron chi connectivity index (χ4n) is 0.970. The molecule has 1 atom stereocenters. The first-order valence-corrected chi connectivity index (χ1v) is 3.43. The van der Waals surface area contributed by atoms with Crippen LogP contribution in [0.4, 0.5) is 0 Å². The predicted octanol–water partition coefficient (Wildman–Crippen LogP) is 1.01. The highest BCUT2D eigenvalue weighted by atomic mass is 16.1. The van der Waals surface area contributed by atoms with E-state index in [1.807, 2.05) is 25.2 Å². The van der Waals surface area contributed by atoms with Crippen LogP contribution in [0.1, 0.15) is 13.3 Å². The molecular weight excluding hydrogens is 126 g/mol. The van der Waals surface area contributed by atoms with Crippen molar-refractivity contribution in [3.8, 4) is 0 Å². The zero-order valence-corrected chi connectivity index (χ0v) is 6.00. The number of carbonyl (C=O) groups excluding carboxylic acids is 1. The number of hydrogen-bond acceptors (Lipinski definition) is 1. The van der Waals surface area contributed by atoms with Crippen LogP contribution >= 0.6 is 0 Å². The number of rotatable bonds is 1. The second kappa shape index (κ2) is 3.20. The van der Waals surface area contributed by atoms with Crippen LogP contribution in [0, 0.1) is 0 Å². The van der Waals surface area contributed by atoms with Crippen molar-refractivity contribution in [2.24, 2.45) is 0 Å². The average molecular weight is 137 g/mol. The van der Waals surface area contributed by atoms with Crippen molar-refractivity contribution in [2.45, 2.75) is 19.4 Å². The van der Waals surface area contributed by atoms with Crippen molar-refractivity contribution in [3.05, 3.63) is 24.3 Å². The molecule has 1 aliphatic heterocycles. The van der Waals surface area contributed by atoms with Crippen molar-refractivity contribution in [1.82, 2.24) is 5.32 Å². The van der Waals surface area contributed by atoms with Crippen LogP contribution < -0.4 is 5.32 Å². The molecule has 1 N–H and O–H groups in total. The molecule has 54 valence electrons. The van der Waals surface area contributed by atoms with Crippen molar-refractivity contribution in [1.29, 1.82) is 0 Å². The summed E-state index contributed by atoms with van der Waals surface area (Å²) >= 11 is 0. The first kappa shape index (κ1) is 7.06. The lowest BCUT2D eigenvalue weighted by Crippen LogP contribution is -2.34. The summed E-state index contributed by atoms with van der Waals surface area (Å²) in [5.74, 6) is 0.00866. The Morgan fingerprint density at radius 3 is 3.20 bits per heavy atom. The molecule has 0 radical (unpaired) electrons. The van der Waals surface area contributed by atoms with E-state index in [2.05, 4.69) is 5.32 Å². The van der Waals surface area contributed by atoms with Gasteiger partial charge in [0.25, 0.3) is 0 Å². The summed E-state index contributed by atoms with van der Waals surface area (Å²) in [6.45, 7) is 1.95. The van der Waals surface area contributed by atoms with E-state index >= 15 is 0 Å². The lowest BCUT2D eigenvalue weighted by atomic mass is 10.1. The van der Waals surface area contributed by atoms with Gasteiger partial charge < -0.3 is 5.32 Å². The molecule has 0 unspecified atom stereocenters. The third-order valence-electron chi connectivity index (χ3n) is 1.41. The number of nitrogens with one attached hydrogen (secondary N) is 1. The smallest absolute Gasteiger partial charge is 0.244 e. The molecule has 0 saturated carbocycles. The maximum absolute atomic E-state index is 10.7. The summed E-state index contributed by atoms with van der Waals surface area (Å²) in [7, 11) is 0. The molecule has 1 rings (SSSR count). The topological polar surface area (TPSA) is 29.1 Å². The van der Waals surface area contributed by atoms with E-state index < -0.39 is 0 Å². The molecule has 0 aliphatic carbocycles. The number of carbonyl (C=O) groups is 1. The minimum Gasteiger partial charge on any atom is -0.346 e. The largest absolute Gasteiger partial charge is 0.346 e. The summed E-state index contributed by atoms with van der Waals surface area (Å²) in [5.41, 5.74) is 0. The maximum atomic E-state index is 10.7. The molecule has 1 heterocycles. The Morgan fingerprint density at radius 1 is 1.80 bits per heavy atom. The van der Waals surface area contributed by atoms with Crippen LogP contribution in [-0.2, 0) is 4.79 Å².